The molecule has 7 heteroatoms. The van der Waals surface area contributed by atoms with Crippen molar-refractivity contribution in [2.24, 2.45) is 0 Å². The number of piperidine rings is 1. The van der Waals surface area contributed by atoms with Gasteiger partial charge in [0.05, 0.1) is 10.6 Å². The van der Waals surface area contributed by atoms with Gasteiger partial charge in [-0.25, -0.2) is 8.42 Å². The molecule has 1 aromatic carbocycles. The van der Waals surface area contributed by atoms with Crippen LogP contribution in [-0.4, -0.2) is 37.3 Å². The molecule has 0 unspecified atom stereocenters. The number of unbranched alkanes of at least 4 members (excludes halogenated alkanes) is 1. The number of nitrogens with zero attached hydrogens (tertiary/aromatic N) is 1. The minimum absolute atomic E-state index is 0.000882. The number of rotatable bonds is 5. The topological polar surface area (TPSA) is 75.7 Å². The maximum absolute atomic E-state index is 12.9. The van der Waals surface area contributed by atoms with Crippen molar-refractivity contribution in [3.8, 4) is 5.75 Å². The normalized spacial score (nSPS) is 24.3. The highest BCUT2D eigenvalue weighted by Crippen LogP contribution is 2.34. The maximum atomic E-state index is 12.9. The van der Waals surface area contributed by atoms with E-state index in [9.17, 15) is 13.2 Å². The van der Waals surface area contributed by atoms with Gasteiger partial charge in [-0.1, -0.05) is 19.8 Å². The summed E-state index contributed by atoms with van der Waals surface area (Å²) in [4.78, 5) is 12.4. The Balaban J connectivity index is 1.84. The van der Waals surface area contributed by atoms with E-state index in [2.05, 4.69) is 12.2 Å². The summed E-state index contributed by atoms with van der Waals surface area (Å²) in [6.45, 7) is 4.55. The second kappa shape index (κ2) is 7.33. The van der Waals surface area contributed by atoms with Gasteiger partial charge in [-0.15, -0.1) is 0 Å². The molecule has 1 saturated heterocycles. The molecular weight excluding hydrogens is 340 g/mol. The monoisotopic (exact) mass is 366 g/mol. The van der Waals surface area contributed by atoms with Crippen LogP contribution in [0.4, 0.5) is 5.69 Å². The van der Waals surface area contributed by atoms with Gasteiger partial charge in [0.1, 0.15) is 5.75 Å². The molecule has 0 bridgehead atoms. The first-order chi connectivity index (χ1) is 11.9. The zero-order chi connectivity index (χ0) is 18.0. The Bertz CT molecular complexity index is 747. The highest BCUT2D eigenvalue weighted by molar-refractivity contribution is 7.89. The van der Waals surface area contributed by atoms with Crippen LogP contribution < -0.4 is 10.1 Å². The minimum atomic E-state index is -3.56. The number of ether oxygens (including phenoxy) is 1. The molecule has 2 atom stereocenters. The van der Waals surface area contributed by atoms with Crippen LogP contribution in [0.3, 0.4) is 0 Å². The number of sulfonamides is 1. The first-order valence-corrected chi connectivity index (χ1v) is 10.5. The van der Waals surface area contributed by atoms with Gasteiger partial charge in [0.2, 0.25) is 10.0 Å². The zero-order valence-corrected chi connectivity index (χ0v) is 15.6. The molecule has 1 fully saturated rings. The molecule has 138 valence electrons. The van der Waals surface area contributed by atoms with E-state index in [-0.39, 0.29) is 16.8 Å². The lowest BCUT2D eigenvalue weighted by atomic mass is 10.1. The molecule has 0 radical (unpaired) electrons. The van der Waals surface area contributed by atoms with Gasteiger partial charge in [-0.05, 0) is 50.8 Å². The SMILES string of the molecule is CCCC[C@@H]1Oc2ccc(S(=O)(=O)N3CCCC[C@H]3C)cc2NC1=O. The maximum Gasteiger partial charge on any atom is 0.265 e. The molecule has 0 aromatic heterocycles. The van der Waals surface area contributed by atoms with Crippen LogP contribution in [0, 0.1) is 0 Å². The lowest BCUT2D eigenvalue weighted by Crippen LogP contribution is -2.42. The van der Waals surface area contributed by atoms with E-state index < -0.39 is 16.1 Å². The van der Waals surface area contributed by atoms with Crippen LogP contribution in [0.15, 0.2) is 23.1 Å². The minimum Gasteiger partial charge on any atom is -0.478 e. The van der Waals surface area contributed by atoms with Crippen LogP contribution in [0.2, 0.25) is 0 Å². The second-order valence-corrected chi connectivity index (χ2v) is 8.75. The molecule has 1 amide bonds. The number of anilines is 1. The van der Waals surface area contributed by atoms with Gasteiger partial charge in [-0.2, -0.15) is 4.31 Å². The predicted molar refractivity (Wildman–Crippen MR) is 96.2 cm³/mol. The van der Waals surface area contributed by atoms with Crippen molar-refractivity contribution in [2.45, 2.75) is 69.4 Å². The lowest BCUT2D eigenvalue weighted by Gasteiger charge is -2.32. The molecule has 0 saturated carbocycles. The average molecular weight is 366 g/mol. The first kappa shape index (κ1) is 18.2. The number of hydrogen-bond donors (Lipinski definition) is 1. The number of carbonyl (C=O) groups is 1. The van der Waals surface area contributed by atoms with Gasteiger partial charge in [0, 0.05) is 12.6 Å². The van der Waals surface area contributed by atoms with E-state index in [1.54, 1.807) is 16.4 Å². The summed E-state index contributed by atoms with van der Waals surface area (Å²) in [6, 6.07) is 4.73. The van der Waals surface area contributed by atoms with Gasteiger partial charge >= 0.3 is 0 Å². The van der Waals surface area contributed by atoms with Crippen LogP contribution in [0.25, 0.3) is 0 Å². The standard InChI is InChI=1S/C18H26N2O4S/c1-3-4-8-17-18(21)19-15-12-14(9-10-16(15)24-17)25(22,23)20-11-6-5-7-13(20)2/h9-10,12-13,17H,3-8,11H2,1-2H3,(H,19,21)/t13-,17+/m1/s1. The van der Waals surface area contributed by atoms with Crippen molar-refractivity contribution in [1.82, 2.24) is 4.31 Å². The molecule has 2 aliphatic rings. The summed E-state index contributed by atoms with van der Waals surface area (Å²) >= 11 is 0. The van der Waals surface area contributed by atoms with Crippen LogP contribution >= 0.6 is 0 Å². The van der Waals surface area contributed by atoms with Gasteiger partial charge in [0.15, 0.2) is 6.10 Å². The highest BCUT2D eigenvalue weighted by atomic mass is 32.2. The smallest absolute Gasteiger partial charge is 0.265 e. The Morgan fingerprint density at radius 2 is 2.12 bits per heavy atom. The summed E-state index contributed by atoms with van der Waals surface area (Å²) in [5, 5.41) is 2.80. The number of fused-ring (bicyclic) bond motifs is 1. The fourth-order valence-electron chi connectivity index (χ4n) is 3.43. The summed E-state index contributed by atoms with van der Waals surface area (Å²) in [6.07, 6.45) is 4.87. The van der Waals surface area contributed by atoms with Crippen molar-refractivity contribution in [3.63, 3.8) is 0 Å². The van der Waals surface area contributed by atoms with Gasteiger partial charge in [-0.3, -0.25) is 4.79 Å². The third kappa shape index (κ3) is 3.67. The van der Waals surface area contributed by atoms with Crippen LogP contribution in [0.5, 0.6) is 5.75 Å². The highest BCUT2D eigenvalue weighted by Gasteiger charge is 2.33. The number of benzene rings is 1. The van der Waals surface area contributed by atoms with E-state index in [1.165, 1.54) is 6.07 Å². The lowest BCUT2D eigenvalue weighted by molar-refractivity contribution is -0.123. The second-order valence-electron chi connectivity index (χ2n) is 6.86. The fourth-order valence-corrected chi connectivity index (χ4v) is 5.16. The molecular formula is C18H26N2O4S. The zero-order valence-electron chi connectivity index (χ0n) is 14.8. The molecule has 2 heterocycles. The Kier molecular flexibility index (Phi) is 5.34. The van der Waals surface area contributed by atoms with E-state index >= 15 is 0 Å². The van der Waals surface area contributed by atoms with Crippen molar-refractivity contribution < 1.29 is 17.9 Å². The van der Waals surface area contributed by atoms with Crippen molar-refractivity contribution in [1.29, 1.82) is 0 Å². The molecule has 25 heavy (non-hydrogen) atoms. The molecule has 6 nitrogen and oxygen atoms in total. The van der Waals surface area contributed by atoms with Gasteiger partial charge < -0.3 is 10.1 Å². The Morgan fingerprint density at radius 3 is 2.84 bits per heavy atom. The third-order valence-electron chi connectivity index (χ3n) is 4.94. The molecule has 3 rings (SSSR count). The molecule has 0 aliphatic carbocycles. The van der Waals surface area contributed by atoms with Crippen molar-refractivity contribution >= 4 is 21.6 Å². The summed E-state index contributed by atoms with van der Waals surface area (Å²) in [7, 11) is -3.56. The van der Waals surface area contributed by atoms with E-state index in [0.717, 1.165) is 32.1 Å². The Labute approximate surface area is 149 Å². The third-order valence-corrected chi connectivity index (χ3v) is 6.95. The Hall–Kier alpha value is -1.60. The van der Waals surface area contributed by atoms with Crippen molar-refractivity contribution in [3.05, 3.63) is 18.2 Å². The van der Waals surface area contributed by atoms with Crippen molar-refractivity contribution in [2.75, 3.05) is 11.9 Å². The summed E-state index contributed by atoms with van der Waals surface area (Å²) in [5.41, 5.74) is 0.434. The summed E-state index contributed by atoms with van der Waals surface area (Å²) in [5.74, 6) is 0.327. The predicted octanol–water partition coefficient (Wildman–Crippen LogP) is 3.14. The first-order valence-electron chi connectivity index (χ1n) is 9.07. The number of hydrogen-bond acceptors (Lipinski definition) is 4. The van der Waals surface area contributed by atoms with E-state index in [0.29, 0.717) is 24.4 Å². The fraction of sp³-hybridized carbons (Fsp3) is 0.611. The van der Waals surface area contributed by atoms with Crippen LogP contribution in [-0.2, 0) is 14.8 Å². The quantitative estimate of drug-likeness (QED) is 0.869. The summed E-state index contributed by atoms with van der Waals surface area (Å²) < 4.78 is 33.2. The number of amides is 1. The molecule has 0 spiro atoms. The largest absolute Gasteiger partial charge is 0.478 e. The van der Waals surface area contributed by atoms with Crippen LogP contribution in [0.1, 0.15) is 52.4 Å². The average Bonchev–Trinajstić information content (AvgIpc) is 2.59. The number of nitrogens with one attached hydrogen (secondary N) is 1. The number of carbonyl (C=O) groups excluding carboxylic acids is 1. The van der Waals surface area contributed by atoms with E-state index in [1.807, 2.05) is 6.92 Å². The Morgan fingerprint density at radius 1 is 1.32 bits per heavy atom. The molecule has 2 aliphatic heterocycles. The van der Waals surface area contributed by atoms with Gasteiger partial charge in [0.25, 0.3) is 5.91 Å². The molecule has 1 N–H and O–H groups in total. The molecule has 1 aromatic rings. The van der Waals surface area contributed by atoms with E-state index in [4.69, 9.17) is 4.74 Å².